The molecular formula is C16H19NO5S. The number of anilines is 1. The summed E-state index contributed by atoms with van der Waals surface area (Å²) in [6, 6.07) is 10.1. The lowest BCUT2D eigenvalue weighted by molar-refractivity contribution is 0.359. The number of sulfonamides is 1. The fourth-order valence-electron chi connectivity index (χ4n) is 2.15. The Morgan fingerprint density at radius 3 is 2.00 bits per heavy atom. The van der Waals surface area contributed by atoms with Gasteiger partial charge in [-0.3, -0.25) is 4.72 Å². The molecule has 0 radical (unpaired) electrons. The molecule has 0 aliphatic carbocycles. The third kappa shape index (κ3) is 3.68. The predicted octanol–water partition coefficient (Wildman–Crippen LogP) is 2.82. The Morgan fingerprint density at radius 1 is 0.913 bits per heavy atom. The number of rotatable bonds is 6. The zero-order valence-corrected chi connectivity index (χ0v) is 14.2. The summed E-state index contributed by atoms with van der Waals surface area (Å²) >= 11 is 0. The first-order valence-corrected chi connectivity index (χ1v) is 8.29. The summed E-state index contributed by atoms with van der Waals surface area (Å²) in [5.74, 6) is 0.718. The van der Waals surface area contributed by atoms with E-state index in [4.69, 9.17) is 14.2 Å². The molecule has 1 N–H and O–H groups in total. The summed E-state index contributed by atoms with van der Waals surface area (Å²) in [5.41, 5.74) is 1.41. The van der Waals surface area contributed by atoms with Gasteiger partial charge in [0.25, 0.3) is 10.0 Å². The first-order chi connectivity index (χ1) is 10.9. The van der Waals surface area contributed by atoms with E-state index in [-0.39, 0.29) is 16.4 Å². The molecule has 124 valence electrons. The largest absolute Gasteiger partial charge is 0.496 e. The van der Waals surface area contributed by atoms with Gasteiger partial charge in [-0.25, -0.2) is 8.42 Å². The van der Waals surface area contributed by atoms with E-state index in [0.717, 1.165) is 5.56 Å². The second-order valence-corrected chi connectivity index (χ2v) is 6.46. The average molecular weight is 337 g/mol. The fraction of sp³-hybridized carbons (Fsp3) is 0.250. The molecule has 0 spiro atoms. The third-order valence-electron chi connectivity index (χ3n) is 3.21. The molecule has 0 atom stereocenters. The minimum Gasteiger partial charge on any atom is -0.496 e. The highest BCUT2D eigenvalue weighted by Crippen LogP contribution is 2.38. The van der Waals surface area contributed by atoms with Gasteiger partial charge in [0.2, 0.25) is 0 Å². The molecule has 0 fully saturated rings. The van der Waals surface area contributed by atoms with Crippen LogP contribution in [0.1, 0.15) is 5.56 Å². The van der Waals surface area contributed by atoms with Crippen molar-refractivity contribution in [1.29, 1.82) is 0 Å². The summed E-state index contributed by atoms with van der Waals surface area (Å²) in [6.07, 6.45) is 0. The number of aryl methyl sites for hydroxylation is 1. The first kappa shape index (κ1) is 17.0. The standard InChI is InChI=1S/C16H19NO5S/c1-11-6-5-7-12(8-11)17-23(18,19)16-14(21-3)9-13(20-2)10-15(16)22-4/h5-10,17H,1-4H3. The molecule has 0 aromatic heterocycles. The molecule has 23 heavy (non-hydrogen) atoms. The molecule has 2 rings (SSSR count). The van der Waals surface area contributed by atoms with E-state index in [9.17, 15) is 8.42 Å². The molecule has 7 heteroatoms. The number of hydrogen-bond donors (Lipinski definition) is 1. The monoisotopic (exact) mass is 337 g/mol. The van der Waals surface area contributed by atoms with Gasteiger partial charge in [0.1, 0.15) is 17.2 Å². The number of hydrogen-bond acceptors (Lipinski definition) is 5. The van der Waals surface area contributed by atoms with Gasteiger partial charge in [0, 0.05) is 17.8 Å². The predicted molar refractivity (Wildman–Crippen MR) is 88.1 cm³/mol. The van der Waals surface area contributed by atoms with E-state index >= 15 is 0 Å². The van der Waals surface area contributed by atoms with Crippen molar-refractivity contribution < 1.29 is 22.6 Å². The van der Waals surface area contributed by atoms with E-state index < -0.39 is 10.0 Å². The van der Waals surface area contributed by atoms with Crippen molar-refractivity contribution >= 4 is 15.7 Å². The van der Waals surface area contributed by atoms with Crippen LogP contribution in [0.4, 0.5) is 5.69 Å². The van der Waals surface area contributed by atoms with Gasteiger partial charge in [-0.15, -0.1) is 0 Å². The molecule has 0 bridgehead atoms. The van der Waals surface area contributed by atoms with Crippen molar-refractivity contribution in [2.24, 2.45) is 0 Å². The molecular weight excluding hydrogens is 318 g/mol. The number of nitrogens with one attached hydrogen (secondary N) is 1. The normalized spacial score (nSPS) is 11.0. The highest BCUT2D eigenvalue weighted by atomic mass is 32.2. The Bertz CT molecular complexity index is 777. The van der Waals surface area contributed by atoms with Gasteiger partial charge in [-0.2, -0.15) is 0 Å². The molecule has 0 saturated carbocycles. The molecule has 0 unspecified atom stereocenters. The van der Waals surface area contributed by atoms with Gasteiger partial charge >= 0.3 is 0 Å². The minimum absolute atomic E-state index is 0.0789. The van der Waals surface area contributed by atoms with Crippen LogP contribution >= 0.6 is 0 Å². The molecule has 2 aromatic rings. The van der Waals surface area contributed by atoms with Crippen molar-refractivity contribution in [1.82, 2.24) is 0 Å². The van der Waals surface area contributed by atoms with E-state index in [0.29, 0.717) is 11.4 Å². The summed E-state index contributed by atoms with van der Waals surface area (Å²) in [5, 5.41) is 0. The van der Waals surface area contributed by atoms with Crippen LogP contribution < -0.4 is 18.9 Å². The van der Waals surface area contributed by atoms with Gasteiger partial charge in [-0.05, 0) is 24.6 Å². The zero-order valence-electron chi connectivity index (χ0n) is 13.4. The highest BCUT2D eigenvalue weighted by molar-refractivity contribution is 7.93. The smallest absolute Gasteiger partial charge is 0.269 e. The zero-order chi connectivity index (χ0) is 17.0. The maximum Gasteiger partial charge on any atom is 0.269 e. The maximum absolute atomic E-state index is 12.8. The van der Waals surface area contributed by atoms with Crippen LogP contribution in [0.5, 0.6) is 17.2 Å². The Balaban J connectivity index is 2.54. The van der Waals surface area contributed by atoms with E-state index in [1.165, 1.54) is 33.5 Å². The average Bonchev–Trinajstić information content (AvgIpc) is 2.52. The van der Waals surface area contributed by atoms with Crippen LogP contribution in [0.3, 0.4) is 0 Å². The lowest BCUT2D eigenvalue weighted by atomic mass is 10.2. The maximum atomic E-state index is 12.8. The summed E-state index contributed by atoms with van der Waals surface area (Å²) in [7, 11) is 0.361. The summed E-state index contributed by atoms with van der Waals surface area (Å²) in [6.45, 7) is 1.88. The van der Waals surface area contributed by atoms with Gasteiger partial charge in [0.05, 0.1) is 21.3 Å². The quantitative estimate of drug-likeness (QED) is 0.877. The minimum atomic E-state index is -3.90. The molecule has 6 nitrogen and oxygen atoms in total. The molecule has 0 heterocycles. The van der Waals surface area contributed by atoms with Gasteiger partial charge in [-0.1, -0.05) is 12.1 Å². The van der Waals surface area contributed by atoms with Crippen LogP contribution in [0.15, 0.2) is 41.3 Å². The topological polar surface area (TPSA) is 73.9 Å². The molecule has 2 aromatic carbocycles. The lowest BCUT2D eigenvalue weighted by Crippen LogP contribution is -2.15. The SMILES string of the molecule is COc1cc(OC)c(S(=O)(=O)Nc2cccc(C)c2)c(OC)c1. The number of benzene rings is 2. The fourth-order valence-corrected chi connectivity index (χ4v) is 3.51. The highest BCUT2D eigenvalue weighted by Gasteiger charge is 2.26. The van der Waals surface area contributed by atoms with Gasteiger partial charge < -0.3 is 14.2 Å². The Labute approximate surface area is 136 Å². The van der Waals surface area contributed by atoms with E-state index in [1.54, 1.807) is 18.2 Å². The third-order valence-corrected chi connectivity index (χ3v) is 4.65. The van der Waals surface area contributed by atoms with Crippen LogP contribution in [0.2, 0.25) is 0 Å². The first-order valence-electron chi connectivity index (χ1n) is 6.80. The summed E-state index contributed by atoms with van der Waals surface area (Å²) < 4.78 is 43.6. The van der Waals surface area contributed by atoms with Crippen molar-refractivity contribution in [2.45, 2.75) is 11.8 Å². The van der Waals surface area contributed by atoms with Crippen LogP contribution in [-0.2, 0) is 10.0 Å². The second kappa shape index (κ2) is 6.78. The van der Waals surface area contributed by atoms with Crippen LogP contribution in [0.25, 0.3) is 0 Å². The summed E-state index contributed by atoms with van der Waals surface area (Å²) in [4.78, 5) is -0.0789. The van der Waals surface area contributed by atoms with Crippen molar-refractivity contribution in [2.75, 3.05) is 26.1 Å². The number of ether oxygens (including phenoxy) is 3. The van der Waals surface area contributed by atoms with Crippen molar-refractivity contribution in [3.63, 3.8) is 0 Å². The van der Waals surface area contributed by atoms with Crippen LogP contribution in [0, 0.1) is 6.92 Å². The Hall–Kier alpha value is -2.41. The van der Waals surface area contributed by atoms with Crippen molar-refractivity contribution in [3.05, 3.63) is 42.0 Å². The molecule has 0 aliphatic heterocycles. The Morgan fingerprint density at radius 2 is 1.52 bits per heavy atom. The van der Waals surface area contributed by atoms with E-state index in [1.807, 2.05) is 13.0 Å². The van der Waals surface area contributed by atoms with Crippen molar-refractivity contribution in [3.8, 4) is 17.2 Å². The van der Waals surface area contributed by atoms with E-state index in [2.05, 4.69) is 4.72 Å². The molecule has 0 saturated heterocycles. The van der Waals surface area contributed by atoms with Gasteiger partial charge in [0.15, 0.2) is 4.90 Å². The number of methoxy groups -OCH3 is 3. The van der Waals surface area contributed by atoms with Crippen LogP contribution in [-0.4, -0.2) is 29.7 Å². The lowest BCUT2D eigenvalue weighted by Gasteiger charge is -2.16. The Kier molecular flexibility index (Phi) is 5.00. The second-order valence-electron chi connectivity index (χ2n) is 4.84. The molecule has 0 amide bonds. The molecule has 0 aliphatic rings.